The fourth-order valence-electron chi connectivity index (χ4n) is 6.06. The molecule has 0 saturated carbocycles. The van der Waals surface area contributed by atoms with Gasteiger partial charge >= 0.3 is 41.9 Å². The second kappa shape index (κ2) is 17.6. The van der Waals surface area contributed by atoms with E-state index < -0.39 is 0 Å². The van der Waals surface area contributed by atoms with E-state index in [0.717, 1.165) is 0 Å². The average molecular weight is 771 g/mol. The Morgan fingerprint density at radius 1 is 0.646 bits per heavy atom. The van der Waals surface area contributed by atoms with Crippen molar-refractivity contribution in [1.82, 2.24) is 0 Å². The molecule has 6 aromatic rings. The Hall–Kier alpha value is -2.22. The predicted octanol–water partition coefficient (Wildman–Crippen LogP) is 7.21. The van der Waals surface area contributed by atoms with Crippen LogP contribution in [-0.2, 0) is 28.8 Å². The Balaban J connectivity index is 0.000000290. The number of benzene rings is 4. The molecule has 0 radical (unpaired) electrons. The standard InChI is InChI=1S/C22H25.C20H21.C2H6Si.2ClH.Zr/c1-15(2)18-13-17-7-6-8-20(21(17)14-18)16-9-11-19(12-10-16)22(3,4)5;1-12-10-19-14(3)7-9-18(20(19)11-12)17-8-6-13(2)15(4)16(17)5;1-3-2;;;/h6-15H,1-5H3;6-11H,1-5H3;1-2H3;2*1H;/q2*-1;;;;+2/p-2. The van der Waals surface area contributed by atoms with Crippen LogP contribution >= 0.6 is 0 Å². The van der Waals surface area contributed by atoms with E-state index in [1.54, 1.807) is 23.3 Å². The summed E-state index contributed by atoms with van der Waals surface area (Å²) in [5.41, 5.74) is 15.5. The quantitative estimate of drug-likeness (QED) is 0.132. The number of fused-ring (bicyclic) bond motifs is 2. The van der Waals surface area contributed by atoms with Gasteiger partial charge in [-0.15, -0.1) is 68.6 Å². The third-order valence-electron chi connectivity index (χ3n) is 9.10. The van der Waals surface area contributed by atoms with Crippen LogP contribution in [0.15, 0.2) is 91.0 Å². The topological polar surface area (TPSA) is 0 Å². The van der Waals surface area contributed by atoms with Gasteiger partial charge in [-0.2, -0.15) is 12.1 Å². The van der Waals surface area contributed by atoms with Gasteiger partial charge in [-0.05, 0) is 65.5 Å². The van der Waals surface area contributed by atoms with Crippen LogP contribution < -0.4 is 24.8 Å². The second-order valence-corrected chi connectivity index (χ2v) is 23.9. The molecule has 0 bridgehead atoms. The summed E-state index contributed by atoms with van der Waals surface area (Å²) >= 11 is 1.74. The average Bonchev–Trinajstić information content (AvgIpc) is 3.61. The molecule has 6 rings (SSSR count). The Morgan fingerprint density at radius 3 is 1.81 bits per heavy atom. The molecule has 0 amide bonds. The van der Waals surface area contributed by atoms with E-state index in [1.165, 1.54) is 82.7 Å². The molecule has 0 spiro atoms. The Bertz CT molecular complexity index is 1980. The van der Waals surface area contributed by atoms with Gasteiger partial charge < -0.3 is 24.8 Å². The van der Waals surface area contributed by atoms with E-state index in [0.29, 0.717) is 5.92 Å². The monoisotopic (exact) mass is 768 g/mol. The van der Waals surface area contributed by atoms with Gasteiger partial charge in [-0.3, -0.25) is 0 Å². The van der Waals surface area contributed by atoms with Crippen molar-refractivity contribution in [1.29, 1.82) is 0 Å². The predicted molar refractivity (Wildman–Crippen MR) is 204 cm³/mol. The summed E-state index contributed by atoms with van der Waals surface area (Å²) < 4.78 is 0. The van der Waals surface area contributed by atoms with E-state index in [-0.39, 0.29) is 35.7 Å². The van der Waals surface area contributed by atoms with E-state index in [4.69, 9.17) is 0 Å². The molecule has 0 aliphatic rings. The third-order valence-corrected chi connectivity index (χ3v) is 9.10. The SMILES string of the molecule is CC(C)c1cc2c(-c3ccc(C(C)(C)C)cc3)cccc2[cH-]1.C[Si](C)=[Zr+2].Cc1cc2c(-c3ccc(C)c(C)c3C)ccc(C)c2[cH-]1.[Cl-].[Cl-]. The van der Waals surface area contributed by atoms with Crippen LogP contribution in [0.1, 0.15) is 79.5 Å². The summed E-state index contributed by atoms with van der Waals surface area (Å²) in [6.07, 6.45) is 0. The van der Waals surface area contributed by atoms with Gasteiger partial charge in [0.2, 0.25) is 0 Å². The fraction of sp³-hybridized carbons (Fsp3) is 0.318. The molecular weight excluding hydrogens is 719 g/mol. The zero-order chi connectivity index (χ0) is 33.9. The number of aryl methyl sites for hydroxylation is 3. The summed E-state index contributed by atoms with van der Waals surface area (Å²) in [5.74, 6) is 0.573. The van der Waals surface area contributed by atoms with Crippen LogP contribution in [-0.4, -0.2) is 5.43 Å². The summed E-state index contributed by atoms with van der Waals surface area (Å²) in [6, 6.07) is 34.0. The van der Waals surface area contributed by atoms with Crippen LogP contribution in [0.2, 0.25) is 13.1 Å². The Kier molecular flexibility index (Phi) is 15.4. The Labute approximate surface area is 318 Å². The number of hydrogen-bond donors (Lipinski definition) is 0. The zero-order valence-electron chi connectivity index (χ0n) is 31.0. The molecule has 4 heteroatoms. The van der Waals surface area contributed by atoms with Crippen LogP contribution in [0.5, 0.6) is 0 Å². The molecule has 0 nitrogen and oxygen atoms in total. The van der Waals surface area contributed by atoms with Gasteiger partial charge in [-0.25, -0.2) is 0 Å². The van der Waals surface area contributed by atoms with Crippen molar-refractivity contribution in [3.05, 3.63) is 130 Å². The molecule has 0 atom stereocenters. The molecule has 0 saturated heterocycles. The maximum absolute atomic E-state index is 2.35. The molecule has 0 aliphatic carbocycles. The third kappa shape index (κ3) is 9.94. The van der Waals surface area contributed by atoms with Gasteiger partial charge in [-0.1, -0.05) is 108 Å². The van der Waals surface area contributed by atoms with Gasteiger partial charge in [0.15, 0.2) is 0 Å². The van der Waals surface area contributed by atoms with Gasteiger partial charge in [0.1, 0.15) is 0 Å². The minimum absolute atomic E-state index is 0. The number of halogens is 2. The van der Waals surface area contributed by atoms with Crippen molar-refractivity contribution in [3.8, 4) is 22.3 Å². The minimum atomic E-state index is 0. The molecule has 0 aromatic heterocycles. The van der Waals surface area contributed by atoms with E-state index in [1.807, 2.05) is 0 Å². The minimum Gasteiger partial charge on any atom is -1.00 e. The van der Waals surface area contributed by atoms with Crippen LogP contribution in [0.25, 0.3) is 43.8 Å². The first-order chi connectivity index (χ1) is 21.6. The van der Waals surface area contributed by atoms with Crippen molar-refractivity contribution in [3.63, 3.8) is 0 Å². The summed E-state index contributed by atoms with van der Waals surface area (Å²) in [6.45, 7) is 26.9. The molecule has 0 aliphatic heterocycles. The molecule has 0 fully saturated rings. The molecule has 252 valence electrons. The van der Waals surface area contributed by atoms with Crippen LogP contribution in [0.4, 0.5) is 0 Å². The summed E-state index contributed by atoms with van der Waals surface area (Å²) in [4.78, 5) is 0. The van der Waals surface area contributed by atoms with Crippen LogP contribution in [0, 0.1) is 34.6 Å². The fourth-order valence-corrected chi connectivity index (χ4v) is 6.06. The van der Waals surface area contributed by atoms with Crippen LogP contribution in [0.3, 0.4) is 0 Å². The van der Waals surface area contributed by atoms with E-state index in [2.05, 4.69) is 173 Å². The second-order valence-electron chi connectivity index (χ2n) is 14.5. The molecular formula is C44H52Cl2SiZr-2. The van der Waals surface area contributed by atoms with Crippen molar-refractivity contribution in [2.75, 3.05) is 0 Å². The zero-order valence-corrected chi connectivity index (χ0v) is 36.0. The van der Waals surface area contributed by atoms with E-state index >= 15 is 0 Å². The summed E-state index contributed by atoms with van der Waals surface area (Å²) in [7, 11) is 0. The van der Waals surface area contributed by atoms with Gasteiger partial charge in [0, 0.05) is 0 Å². The molecule has 0 heterocycles. The number of rotatable bonds is 3. The largest absolute Gasteiger partial charge is 1.00 e. The molecule has 0 N–H and O–H groups in total. The van der Waals surface area contributed by atoms with Gasteiger partial charge in [0.25, 0.3) is 0 Å². The molecule has 48 heavy (non-hydrogen) atoms. The first-order valence-electron chi connectivity index (χ1n) is 16.6. The smallest absolute Gasteiger partial charge is 0.0247 e. The van der Waals surface area contributed by atoms with E-state index in [9.17, 15) is 0 Å². The maximum Gasteiger partial charge on any atom is -0.0247 e. The molecule has 0 unspecified atom stereocenters. The van der Waals surface area contributed by atoms with Crippen molar-refractivity contribution in [2.45, 2.75) is 93.7 Å². The van der Waals surface area contributed by atoms with Crippen molar-refractivity contribution >= 4 is 27.0 Å². The number of hydrogen-bond acceptors (Lipinski definition) is 0. The first-order valence-corrected chi connectivity index (χ1v) is 22.8. The maximum atomic E-state index is 2.35. The first kappa shape index (κ1) is 41.9. The summed E-state index contributed by atoms with van der Waals surface area (Å²) in [5, 5.41) is 5.49. The van der Waals surface area contributed by atoms with Crippen molar-refractivity contribution in [2.24, 2.45) is 0 Å². The molecule has 6 aromatic carbocycles. The Morgan fingerprint density at radius 2 is 1.23 bits per heavy atom. The normalized spacial score (nSPS) is 10.9. The van der Waals surface area contributed by atoms with Gasteiger partial charge in [0.05, 0.1) is 0 Å². The van der Waals surface area contributed by atoms with Crippen molar-refractivity contribution < 1.29 is 48.1 Å².